The summed E-state index contributed by atoms with van der Waals surface area (Å²) in [5, 5.41) is 14.1. The van der Waals surface area contributed by atoms with Gasteiger partial charge in [0.25, 0.3) is 0 Å². The number of nitrogens with zero attached hydrogens (tertiary/aromatic N) is 3. The van der Waals surface area contributed by atoms with Crippen LogP contribution in [0.4, 0.5) is 16.3 Å². The van der Waals surface area contributed by atoms with Crippen molar-refractivity contribution in [3.63, 3.8) is 0 Å². The predicted octanol–water partition coefficient (Wildman–Crippen LogP) is 3.12. The molecule has 0 aliphatic carbocycles. The molecule has 25 heavy (non-hydrogen) atoms. The fourth-order valence-corrected chi connectivity index (χ4v) is 3.08. The number of hydrogen-bond acceptors (Lipinski definition) is 6. The molecule has 0 spiro atoms. The van der Waals surface area contributed by atoms with Gasteiger partial charge in [0.1, 0.15) is 5.60 Å². The van der Waals surface area contributed by atoms with Gasteiger partial charge in [-0.1, -0.05) is 6.92 Å². The standard InChI is InChI=1S/C17H26N4O4/c1-12-7-6-10-20(15-13(21(23)24)8-5-9-18-15)14(12)11-19-16(22)25-17(2,3)4/h5,8-9,12,14H,6-7,10-11H2,1-4H3,(H,19,22). The molecule has 8 nitrogen and oxygen atoms in total. The monoisotopic (exact) mass is 350 g/mol. The van der Waals surface area contributed by atoms with E-state index < -0.39 is 16.6 Å². The number of amides is 1. The van der Waals surface area contributed by atoms with Gasteiger partial charge in [-0.25, -0.2) is 9.78 Å². The zero-order valence-corrected chi connectivity index (χ0v) is 15.2. The number of rotatable bonds is 4. The maximum absolute atomic E-state index is 12.0. The largest absolute Gasteiger partial charge is 0.444 e. The van der Waals surface area contributed by atoms with Crippen molar-refractivity contribution in [1.82, 2.24) is 10.3 Å². The minimum Gasteiger partial charge on any atom is -0.444 e. The summed E-state index contributed by atoms with van der Waals surface area (Å²) >= 11 is 0. The van der Waals surface area contributed by atoms with Crippen LogP contribution in [0.25, 0.3) is 0 Å². The van der Waals surface area contributed by atoms with E-state index in [1.165, 1.54) is 6.07 Å². The SMILES string of the molecule is CC1CCCN(c2ncccc2[N+](=O)[O-])C1CNC(=O)OC(C)(C)C. The number of carbonyl (C=O) groups is 1. The van der Waals surface area contributed by atoms with E-state index in [0.29, 0.717) is 18.9 Å². The van der Waals surface area contributed by atoms with Crippen molar-refractivity contribution in [2.75, 3.05) is 18.0 Å². The summed E-state index contributed by atoms with van der Waals surface area (Å²) in [5.74, 6) is 0.625. The van der Waals surface area contributed by atoms with Crippen molar-refractivity contribution in [2.24, 2.45) is 5.92 Å². The maximum Gasteiger partial charge on any atom is 0.407 e. The number of nitro groups is 1. The Hall–Kier alpha value is -2.38. The Morgan fingerprint density at radius 2 is 2.24 bits per heavy atom. The van der Waals surface area contributed by atoms with Crippen LogP contribution in [0.2, 0.25) is 0 Å². The Bertz CT molecular complexity index is 629. The molecule has 2 rings (SSSR count). The third-order valence-corrected chi connectivity index (χ3v) is 4.20. The predicted molar refractivity (Wildman–Crippen MR) is 94.7 cm³/mol. The Morgan fingerprint density at radius 1 is 1.52 bits per heavy atom. The van der Waals surface area contributed by atoms with Crippen LogP contribution < -0.4 is 10.2 Å². The van der Waals surface area contributed by atoms with Crippen molar-refractivity contribution in [1.29, 1.82) is 0 Å². The molecule has 1 amide bonds. The van der Waals surface area contributed by atoms with E-state index in [-0.39, 0.29) is 17.6 Å². The topological polar surface area (TPSA) is 97.6 Å². The van der Waals surface area contributed by atoms with Crippen LogP contribution in [-0.2, 0) is 4.74 Å². The molecule has 2 unspecified atom stereocenters. The molecule has 0 aromatic carbocycles. The molecule has 1 aliphatic heterocycles. The van der Waals surface area contributed by atoms with Crippen molar-refractivity contribution in [3.05, 3.63) is 28.4 Å². The van der Waals surface area contributed by atoms with Gasteiger partial charge in [-0.05, 0) is 45.6 Å². The van der Waals surface area contributed by atoms with Gasteiger partial charge in [0.05, 0.1) is 11.0 Å². The fraction of sp³-hybridized carbons (Fsp3) is 0.647. The van der Waals surface area contributed by atoms with Crippen LogP contribution in [0.3, 0.4) is 0 Å². The van der Waals surface area contributed by atoms with Crippen molar-refractivity contribution in [2.45, 2.75) is 52.2 Å². The van der Waals surface area contributed by atoms with E-state index in [2.05, 4.69) is 17.2 Å². The average Bonchev–Trinajstić information content (AvgIpc) is 2.51. The first-order chi connectivity index (χ1) is 11.7. The molecule has 1 fully saturated rings. The van der Waals surface area contributed by atoms with Crippen LogP contribution >= 0.6 is 0 Å². The normalized spacial score (nSPS) is 20.9. The number of hydrogen-bond donors (Lipinski definition) is 1. The molecule has 1 saturated heterocycles. The first-order valence-electron chi connectivity index (χ1n) is 8.52. The van der Waals surface area contributed by atoms with E-state index in [9.17, 15) is 14.9 Å². The second kappa shape index (κ2) is 7.67. The molecule has 0 saturated carbocycles. The van der Waals surface area contributed by atoms with E-state index in [0.717, 1.165) is 12.8 Å². The molecule has 2 heterocycles. The highest BCUT2D eigenvalue weighted by Gasteiger charge is 2.33. The number of aromatic nitrogens is 1. The Balaban J connectivity index is 2.16. The van der Waals surface area contributed by atoms with Crippen molar-refractivity contribution in [3.8, 4) is 0 Å². The second-order valence-electron chi connectivity index (χ2n) is 7.37. The lowest BCUT2D eigenvalue weighted by Gasteiger charge is -2.40. The highest BCUT2D eigenvalue weighted by Crippen LogP contribution is 2.32. The molecule has 2 atom stereocenters. The summed E-state index contributed by atoms with van der Waals surface area (Å²) in [4.78, 5) is 29.0. The molecule has 1 aliphatic rings. The number of pyridine rings is 1. The van der Waals surface area contributed by atoms with Gasteiger partial charge >= 0.3 is 11.8 Å². The molecule has 1 aromatic rings. The molecule has 0 radical (unpaired) electrons. The summed E-state index contributed by atoms with van der Waals surface area (Å²) in [6.45, 7) is 8.52. The first kappa shape index (κ1) is 19.0. The van der Waals surface area contributed by atoms with Crippen LogP contribution in [0, 0.1) is 16.0 Å². The van der Waals surface area contributed by atoms with Crippen molar-refractivity contribution >= 4 is 17.6 Å². The van der Waals surface area contributed by atoms with E-state index >= 15 is 0 Å². The maximum atomic E-state index is 12.0. The van der Waals surface area contributed by atoms with Crippen LogP contribution in [-0.4, -0.2) is 40.7 Å². The third-order valence-electron chi connectivity index (χ3n) is 4.20. The van der Waals surface area contributed by atoms with Gasteiger partial charge in [-0.3, -0.25) is 10.1 Å². The van der Waals surface area contributed by atoms with Gasteiger partial charge in [0, 0.05) is 25.4 Å². The van der Waals surface area contributed by atoms with Gasteiger partial charge in [-0.15, -0.1) is 0 Å². The summed E-state index contributed by atoms with van der Waals surface area (Å²) in [7, 11) is 0. The molecule has 0 bridgehead atoms. The third kappa shape index (κ3) is 5.04. The smallest absolute Gasteiger partial charge is 0.407 e. The molecule has 138 valence electrons. The fourth-order valence-electron chi connectivity index (χ4n) is 3.08. The van der Waals surface area contributed by atoms with Crippen LogP contribution in [0.5, 0.6) is 0 Å². The average molecular weight is 350 g/mol. The summed E-state index contributed by atoms with van der Waals surface area (Å²) in [5.41, 5.74) is -0.583. The second-order valence-corrected chi connectivity index (χ2v) is 7.37. The highest BCUT2D eigenvalue weighted by molar-refractivity contribution is 5.68. The minimum absolute atomic E-state index is 0.0149. The van der Waals surface area contributed by atoms with Gasteiger partial charge in [0.15, 0.2) is 0 Å². The van der Waals surface area contributed by atoms with E-state index in [1.807, 2.05) is 4.90 Å². The van der Waals surface area contributed by atoms with Crippen molar-refractivity contribution < 1.29 is 14.5 Å². The summed E-state index contributed by atoms with van der Waals surface area (Å²) in [6, 6.07) is 2.94. The highest BCUT2D eigenvalue weighted by atomic mass is 16.6. The Morgan fingerprint density at radius 3 is 2.88 bits per heavy atom. The lowest BCUT2D eigenvalue weighted by atomic mass is 9.90. The van der Waals surface area contributed by atoms with Gasteiger partial charge in [0.2, 0.25) is 5.82 Å². The van der Waals surface area contributed by atoms with Crippen LogP contribution in [0.15, 0.2) is 18.3 Å². The zero-order valence-electron chi connectivity index (χ0n) is 15.2. The van der Waals surface area contributed by atoms with E-state index in [1.54, 1.807) is 33.0 Å². The molecular weight excluding hydrogens is 324 g/mol. The number of nitrogens with one attached hydrogen (secondary N) is 1. The lowest BCUT2D eigenvalue weighted by Crippen LogP contribution is -2.51. The molecular formula is C17H26N4O4. The number of piperidine rings is 1. The number of carbonyl (C=O) groups excluding carboxylic acids is 1. The van der Waals surface area contributed by atoms with Crippen LogP contribution in [0.1, 0.15) is 40.5 Å². The zero-order chi connectivity index (χ0) is 18.6. The Kier molecular flexibility index (Phi) is 5.81. The molecule has 8 heteroatoms. The number of anilines is 1. The number of ether oxygens (including phenoxy) is 1. The number of alkyl carbamates (subject to hydrolysis) is 1. The minimum atomic E-state index is -0.568. The summed E-state index contributed by atoms with van der Waals surface area (Å²) < 4.78 is 5.27. The van der Waals surface area contributed by atoms with E-state index in [4.69, 9.17) is 4.74 Å². The Labute approximate surface area is 147 Å². The lowest BCUT2D eigenvalue weighted by molar-refractivity contribution is -0.384. The molecule has 1 N–H and O–H groups in total. The molecule has 1 aromatic heterocycles. The van der Waals surface area contributed by atoms with Gasteiger partial charge < -0.3 is 15.0 Å². The van der Waals surface area contributed by atoms with Gasteiger partial charge in [-0.2, -0.15) is 0 Å². The quantitative estimate of drug-likeness (QED) is 0.662. The first-order valence-corrected chi connectivity index (χ1v) is 8.52. The summed E-state index contributed by atoms with van der Waals surface area (Å²) in [6.07, 6.45) is 3.00.